The average Bonchev–Trinajstić information content (AvgIpc) is 2.58. The minimum Gasteiger partial charge on any atom is -0.312 e. The molecular formula is C14H17NO. The topological polar surface area (TPSA) is 20.3 Å². The maximum Gasteiger partial charge on any atom is 0.227 e. The molecule has 1 unspecified atom stereocenters. The lowest BCUT2D eigenvalue weighted by atomic mass is 10.1. The average molecular weight is 215 g/mol. The van der Waals surface area contributed by atoms with E-state index in [0.717, 1.165) is 12.2 Å². The fourth-order valence-electron chi connectivity index (χ4n) is 2.25. The molecule has 0 saturated carbocycles. The predicted octanol–water partition coefficient (Wildman–Crippen LogP) is 2.84. The molecule has 2 nitrogen and oxygen atoms in total. The zero-order chi connectivity index (χ0) is 11.7. The highest BCUT2D eigenvalue weighted by atomic mass is 16.2. The van der Waals surface area contributed by atoms with Crippen molar-refractivity contribution in [1.82, 2.24) is 0 Å². The molecule has 16 heavy (non-hydrogen) atoms. The van der Waals surface area contributed by atoms with E-state index in [1.807, 2.05) is 11.0 Å². The molecule has 1 atom stereocenters. The molecule has 1 aliphatic rings. The SMILES string of the molecule is C=CC1CC(=O)N(c2cc(C)cc(C)c2)C1. The monoisotopic (exact) mass is 215 g/mol. The molecule has 0 N–H and O–H groups in total. The van der Waals surface area contributed by atoms with Crippen molar-refractivity contribution in [2.24, 2.45) is 5.92 Å². The number of anilines is 1. The summed E-state index contributed by atoms with van der Waals surface area (Å²) >= 11 is 0. The van der Waals surface area contributed by atoms with Crippen molar-refractivity contribution in [2.75, 3.05) is 11.4 Å². The molecule has 0 radical (unpaired) electrons. The van der Waals surface area contributed by atoms with Gasteiger partial charge in [0, 0.05) is 24.6 Å². The Morgan fingerprint density at radius 3 is 2.44 bits per heavy atom. The fraction of sp³-hybridized carbons (Fsp3) is 0.357. The molecule has 84 valence electrons. The number of rotatable bonds is 2. The van der Waals surface area contributed by atoms with E-state index in [-0.39, 0.29) is 5.91 Å². The van der Waals surface area contributed by atoms with Gasteiger partial charge in [0.2, 0.25) is 5.91 Å². The molecule has 2 rings (SSSR count). The van der Waals surface area contributed by atoms with Crippen LogP contribution in [0.5, 0.6) is 0 Å². The summed E-state index contributed by atoms with van der Waals surface area (Å²) in [5, 5.41) is 0. The standard InChI is InChI=1S/C14H17NO/c1-4-12-8-14(16)15(9-12)13-6-10(2)5-11(3)7-13/h4-7,12H,1,8-9H2,2-3H3. The van der Waals surface area contributed by atoms with Crippen LogP contribution in [0.2, 0.25) is 0 Å². The number of aryl methyl sites for hydroxylation is 2. The summed E-state index contributed by atoms with van der Waals surface area (Å²) in [6.45, 7) is 8.65. The maximum absolute atomic E-state index is 11.8. The quantitative estimate of drug-likeness (QED) is 0.695. The number of hydrogen-bond acceptors (Lipinski definition) is 1. The summed E-state index contributed by atoms with van der Waals surface area (Å²) in [6.07, 6.45) is 2.47. The molecule has 1 aromatic carbocycles. The summed E-state index contributed by atoms with van der Waals surface area (Å²) in [5.74, 6) is 0.503. The third kappa shape index (κ3) is 2.01. The van der Waals surface area contributed by atoms with Crippen molar-refractivity contribution in [3.8, 4) is 0 Å². The van der Waals surface area contributed by atoms with Gasteiger partial charge in [-0.1, -0.05) is 12.1 Å². The van der Waals surface area contributed by atoms with Gasteiger partial charge in [-0.3, -0.25) is 4.79 Å². The fourth-order valence-corrected chi connectivity index (χ4v) is 2.25. The van der Waals surface area contributed by atoms with Gasteiger partial charge in [-0.25, -0.2) is 0 Å². The first-order valence-corrected chi connectivity index (χ1v) is 5.61. The Hall–Kier alpha value is -1.57. The first kappa shape index (κ1) is 10.9. The van der Waals surface area contributed by atoms with Crippen LogP contribution in [0.3, 0.4) is 0 Å². The summed E-state index contributed by atoms with van der Waals surface area (Å²) in [7, 11) is 0. The minimum absolute atomic E-state index is 0.204. The highest BCUT2D eigenvalue weighted by Crippen LogP contribution is 2.27. The Morgan fingerprint density at radius 1 is 1.31 bits per heavy atom. The van der Waals surface area contributed by atoms with Crippen molar-refractivity contribution < 1.29 is 4.79 Å². The van der Waals surface area contributed by atoms with Gasteiger partial charge in [0.15, 0.2) is 0 Å². The van der Waals surface area contributed by atoms with Gasteiger partial charge in [0.05, 0.1) is 0 Å². The van der Waals surface area contributed by atoms with Crippen LogP contribution in [0, 0.1) is 19.8 Å². The van der Waals surface area contributed by atoms with E-state index in [0.29, 0.717) is 12.3 Å². The molecule has 1 saturated heterocycles. The van der Waals surface area contributed by atoms with Crippen LogP contribution >= 0.6 is 0 Å². The van der Waals surface area contributed by atoms with Crippen molar-refractivity contribution >= 4 is 11.6 Å². The second kappa shape index (κ2) is 4.12. The highest BCUT2D eigenvalue weighted by Gasteiger charge is 2.28. The molecular weight excluding hydrogens is 198 g/mol. The number of amides is 1. The molecule has 0 spiro atoms. The van der Waals surface area contributed by atoms with E-state index < -0.39 is 0 Å². The van der Waals surface area contributed by atoms with E-state index >= 15 is 0 Å². The van der Waals surface area contributed by atoms with Gasteiger partial charge in [0.25, 0.3) is 0 Å². The molecule has 1 heterocycles. The Kier molecular flexibility index (Phi) is 2.82. The van der Waals surface area contributed by atoms with Gasteiger partial charge in [-0.05, 0) is 37.1 Å². The van der Waals surface area contributed by atoms with Crippen LogP contribution < -0.4 is 4.90 Å². The molecule has 1 aliphatic heterocycles. The van der Waals surface area contributed by atoms with Crippen molar-refractivity contribution in [3.05, 3.63) is 42.0 Å². The second-order valence-electron chi connectivity index (χ2n) is 4.55. The molecule has 2 heteroatoms. The molecule has 1 fully saturated rings. The number of nitrogens with zero attached hydrogens (tertiary/aromatic N) is 1. The van der Waals surface area contributed by atoms with Crippen molar-refractivity contribution in [1.29, 1.82) is 0 Å². The van der Waals surface area contributed by atoms with Crippen LogP contribution in [0.15, 0.2) is 30.9 Å². The number of carbonyl (C=O) groups excluding carboxylic acids is 1. The largest absolute Gasteiger partial charge is 0.312 e. The summed E-state index contributed by atoms with van der Waals surface area (Å²) in [5.41, 5.74) is 3.42. The smallest absolute Gasteiger partial charge is 0.227 e. The Bertz CT molecular complexity index is 416. The molecule has 0 aromatic heterocycles. The number of hydrogen-bond donors (Lipinski definition) is 0. The number of benzene rings is 1. The zero-order valence-corrected chi connectivity index (χ0v) is 9.86. The summed E-state index contributed by atoms with van der Waals surface area (Å²) < 4.78 is 0. The Labute approximate surface area is 96.6 Å². The Morgan fingerprint density at radius 2 is 1.94 bits per heavy atom. The van der Waals surface area contributed by atoms with Gasteiger partial charge in [-0.15, -0.1) is 6.58 Å². The minimum atomic E-state index is 0.204. The highest BCUT2D eigenvalue weighted by molar-refractivity contribution is 5.96. The lowest BCUT2D eigenvalue weighted by Crippen LogP contribution is -2.24. The van der Waals surface area contributed by atoms with Crippen LogP contribution in [-0.4, -0.2) is 12.5 Å². The zero-order valence-electron chi connectivity index (χ0n) is 9.86. The van der Waals surface area contributed by atoms with Gasteiger partial charge in [0.1, 0.15) is 0 Å². The normalized spacial score (nSPS) is 20.2. The van der Waals surface area contributed by atoms with Crippen LogP contribution in [0.25, 0.3) is 0 Å². The Balaban J connectivity index is 2.30. The second-order valence-corrected chi connectivity index (χ2v) is 4.55. The molecule has 0 bridgehead atoms. The molecule has 1 amide bonds. The maximum atomic E-state index is 11.8. The van der Waals surface area contributed by atoms with E-state index in [2.05, 4.69) is 38.6 Å². The van der Waals surface area contributed by atoms with Gasteiger partial charge in [-0.2, -0.15) is 0 Å². The summed E-state index contributed by atoms with van der Waals surface area (Å²) in [6, 6.07) is 6.25. The van der Waals surface area contributed by atoms with Gasteiger partial charge < -0.3 is 4.90 Å². The van der Waals surface area contributed by atoms with Crippen LogP contribution in [-0.2, 0) is 4.79 Å². The lowest BCUT2D eigenvalue weighted by Gasteiger charge is -2.17. The summed E-state index contributed by atoms with van der Waals surface area (Å²) in [4.78, 5) is 13.7. The first-order valence-electron chi connectivity index (χ1n) is 5.61. The number of carbonyl (C=O) groups is 1. The lowest BCUT2D eigenvalue weighted by molar-refractivity contribution is -0.117. The van der Waals surface area contributed by atoms with Crippen LogP contribution in [0.4, 0.5) is 5.69 Å². The molecule has 0 aliphatic carbocycles. The first-order chi connectivity index (χ1) is 7.60. The van der Waals surface area contributed by atoms with Gasteiger partial charge >= 0.3 is 0 Å². The van der Waals surface area contributed by atoms with E-state index in [9.17, 15) is 4.79 Å². The predicted molar refractivity (Wildman–Crippen MR) is 66.6 cm³/mol. The van der Waals surface area contributed by atoms with Crippen molar-refractivity contribution in [3.63, 3.8) is 0 Å². The molecule has 1 aromatic rings. The van der Waals surface area contributed by atoms with E-state index in [1.165, 1.54) is 11.1 Å². The third-order valence-electron chi connectivity index (χ3n) is 3.01. The van der Waals surface area contributed by atoms with E-state index in [4.69, 9.17) is 0 Å². The van der Waals surface area contributed by atoms with Crippen LogP contribution in [0.1, 0.15) is 17.5 Å². The van der Waals surface area contributed by atoms with Crippen molar-refractivity contribution in [2.45, 2.75) is 20.3 Å². The van der Waals surface area contributed by atoms with E-state index in [1.54, 1.807) is 0 Å². The third-order valence-corrected chi connectivity index (χ3v) is 3.01.